The maximum Gasteiger partial charge on any atom is 0.244 e. The summed E-state index contributed by atoms with van der Waals surface area (Å²) in [7, 11) is -4.03. The highest BCUT2D eigenvalue weighted by molar-refractivity contribution is 7.92. The van der Waals surface area contributed by atoms with E-state index in [9.17, 15) is 26.8 Å². The molecule has 0 heterocycles. The summed E-state index contributed by atoms with van der Waals surface area (Å²) in [5, 5.41) is 2.86. The van der Waals surface area contributed by atoms with Gasteiger partial charge in [0.1, 0.15) is 12.6 Å². The maximum atomic E-state index is 13.8. The van der Waals surface area contributed by atoms with Crippen LogP contribution in [0.3, 0.4) is 0 Å². The molecule has 0 aliphatic carbocycles. The van der Waals surface area contributed by atoms with Gasteiger partial charge in [-0.1, -0.05) is 37.3 Å². The molecule has 0 bridgehead atoms. The van der Waals surface area contributed by atoms with E-state index < -0.39 is 45.7 Å². The van der Waals surface area contributed by atoms with E-state index in [0.717, 1.165) is 30.0 Å². The average Bonchev–Trinajstić information content (AvgIpc) is 2.72. The highest BCUT2D eigenvalue weighted by Gasteiger charge is 2.33. The van der Waals surface area contributed by atoms with E-state index in [1.54, 1.807) is 31.2 Å². The van der Waals surface area contributed by atoms with Crippen LogP contribution in [0.1, 0.15) is 39.7 Å². The van der Waals surface area contributed by atoms with Gasteiger partial charge < -0.3 is 10.2 Å². The van der Waals surface area contributed by atoms with Crippen LogP contribution in [0.2, 0.25) is 0 Å². The lowest BCUT2D eigenvalue weighted by atomic mass is 10.1. The number of amides is 2. The monoisotopic (exact) mass is 495 g/mol. The quantitative estimate of drug-likeness (QED) is 0.577. The van der Waals surface area contributed by atoms with Crippen LogP contribution in [0.15, 0.2) is 48.5 Å². The number of hydrogen-bond donors (Lipinski definition) is 1. The predicted molar refractivity (Wildman–Crippen MR) is 128 cm³/mol. The zero-order valence-corrected chi connectivity index (χ0v) is 20.8. The lowest BCUT2D eigenvalue weighted by molar-refractivity contribution is -0.141. The van der Waals surface area contributed by atoms with Gasteiger partial charge in [0.15, 0.2) is 11.6 Å². The lowest BCUT2D eigenvalue weighted by Gasteiger charge is -2.34. The summed E-state index contributed by atoms with van der Waals surface area (Å²) in [5.41, 5.74) is 0.00864. The first-order valence-electron chi connectivity index (χ1n) is 10.8. The SMILES string of the molecule is CCC(C(=O)NC(C)(C)C)N(Cc1ccccc1)C(=O)CN(c1ccc(F)c(F)c1)S(C)(=O)=O. The summed E-state index contributed by atoms with van der Waals surface area (Å²) < 4.78 is 52.8. The Morgan fingerprint density at radius 2 is 1.65 bits per heavy atom. The molecule has 1 atom stereocenters. The molecule has 1 unspecified atom stereocenters. The zero-order valence-electron chi connectivity index (χ0n) is 20.0. The molecule has 2 rings (SSSR count). The third-order valence-electron chi connectivity index (χ3n) is 4.95. The van der Waals surface area contributed by atoms with E-state index >= 15 is 0 Å². The van der Waals surface area contributed by atoms with Crippen molar-refractivity contribution >= 4 is 27.5 Å². The Hall–Kier alpha value is -3.01. The van der Waals surface area contributed by atoms with Gasteiger partial charge in [-0.3, -0.25) is 13.9 Å². The second kappa shape index (κ2) is 10.9. The number of hydrogen-bond acceptors (Lipinski definition) is 4. The smallest absolute Gasteiger partial charge is 0.244 e. The average molecular weight is 496 g/mol. The Morgan fingerprint density at radius 1 is 1.03 bits per heavy atom. The van der Waals surface area contributed by atoms with Crippen LogP contribution in [-0.4, -0.2) is 49.5 Å². The molecule has 0 spiro atoms. The number of rotatable bonds is 9. The van der Waals surface area contributed by atoms with Gasteiger partial charge in [0.25, 0.3) is 0 Å². The Morgan fingerprint density at radius 3 is 2.15 bits per heavy atom. The summed E-state index contributed by atoms with van der Waals surface area (Å²) in [5.74, 6) is -3.41. The zero-order chi connectivity index (χ0) is 25.7. The van der Waals surface area contributed by atoms with Crippen molar-refractivity contribution in [3.63, 3.8) is 0 Å². The summed E-state index contributed by atoms with van der Waals surface area (Å²) in [6, 6.07) is 10.7. The minimum atomic E-state index is -4.03. The van der Waals surface area contributed by atoms with Crippen molar-refractivity contribution < 1.29 is 26.8 Å². The van der Waals surface area contributed by atoms with Crippen LogP contribution in [0.25, 0.3) is 0 Å². The van der Waals surface area contributed by atoms with Gasteiger partial charge in [0.05, 0.1) is 11.9 Å². The van der Waals surface area contributed by atoms with Crippen LogP contribution in [0.5, 0.6) is 0 Å². The molecule has 0 radical (unpaired) electrons. The molecule has 0 aromatic heterocycles. The first-order valence-corrected chi connectivity index (χ1v) is 12.7. The second-order valence-corrected chi connectivity index (χ2v) is 10.9. The minimum absolute atomic E-state index is 0.0606. The van der Waals surface area contributed by atoms with E-state index in [0.29, 0.717) is 4.31 Å². The number of carbonyl (C=O) groups is 2. The largest absolute Gasteiger partial charge is 0.350 e. The van der Waals surface area contributed by atoms with Gasteiger partial charge in [-0.25, -0.2) is 17.2 Å². The van der Waals surface area contributed by atoms with Crippen molar-refractivity contribution in [3.8, 4) is 0 Å². The third-order valence-corrected chi connectivity index (χ3v) is 6.09. The van der Waals surface area contributed by atoms with Crippen molar-refractivity contribution in [2.45, 2.75) is 52.2 Å². The minimum Gasteiger partial charge on any atom is -0.350 e. The summed E-state index contributed by atoms with van der Waals surface area (Å²) in [4.78, 5) is 27.8. The molecule has 186 valence electrons. The summed E-state index contributed by atoms with van der Waals surface area (Å²) in [6.45, 7) is 6.57. The topological polar surface area (TPSA) is 86.8 Å². The number of anilines is 1. The fourth-order valence-corrected chi connectivity index (χ4v) is 4.25. The molecule has 10 heteroatoms. The Balaban J connectivity index is 2.45. The van der Waals surface area contributed by atoms with Crippen molar-refractivity contribution in [1.82, 2.24) is 10.2 Å². The normalized spacial score (nSPS) is 12.7. The number of nitrogens with zero attached hydrogens (tertiary/aromatic N) is 2. The van der Waals surface area contributed by atoms with Gasteiger partial charge in [-0.2, -0.15) is 0 Å². The van der Waals surface area contributed by atoms with Crippen LogP contribution < -0.4 is 9.62 Å². The molecule has 0 aliphatic rings. The van der Waals surface area contributed by atoms with Crippen LogP contribution in [0, 0.1) is 11.6 Å². The van der Waals surface area contributed by atoms with E-state index in [2.05, 4.69) is 5.32 Å². The molecule has 34 heavy (non-hydrogen) atoms. The number of nitrogens with one attached hydrogen (secondary N) is 1. The highest BCUT2D eigenvalue weighted by atomic mass is 32.2. The Labute approximate surface area is 199 Å². The van der Waals surface area contributed by atoms with Gasteiger partial charge in [0.2, 0.25) is 21.8 Å². The van der Waals surface area contributed by atoms with Gasteiger partial charge in [-0.15, -0.1) is 0 Å². The molecule has 0 saturated carbocycles. The van der Waals surface area contributed by atoms with Crippen LogP contribution in [-0.2, 0) is 26.2 Å². The lowest BCUT2D eigenvalue weighted by Crippen LogP contribution is -2.55. The number of benzene rings is 2. The standard InChI is InChI=1S/C24H31F2N3O4S/c1-6-21(23(31)27-24(2,3)4)28(15-17-10-8-7-9-11-17)22(30)16-29(34(5,32)33)18-12-13-19(25)20(26)14-18/h7-14,21H,6,15-16H2,1-5H3,(H,27,31). The molecule has 2 aromatic rings. The van der Waals surface area contributed by atoms with Crippen molar-refractivity contribution in [1.29, 1.82) is 0 Å². The first-order chi connectivity index (χ1) is 15.7. The van der Waals surface area contributed by atoms with E-state index in [1.807, 2.05) is 26.8 Å². The molecular weight excluding hydrogens is 464 g/mol. The second-order valence-electron chi connectivity index (χ2n) is 9.04. The fraction of sp³-hybridized carbons (Fsp3) is 0.417. The third kappa shape index (κ3) is 7.51. The fourth-order valence-electron chi connectivity index (χ4n) is 3.41. The number of sulfonamides is 1. The van der Waals surface area contributed by atoms with E-state index in [4.69, 9.17) is 0 Å². The predicted octanol–water partition coefficient (Wildman–Crippen LogP) is 3.45. The van der Waals surface area contributed by atoms with Gasteiger partial charge >= 0.3 is 0 Å². The molecular formula is C24H31F2N3O4S. The molecule has 1 N–H and O–H groups in total. The maximum absolute atomic E-state index is 13.8. The van der Waals surface area contributed by atoms with E-state index in [1.165, 1.54) is 4.90 Å². The van der Waals surface area contributed by atoms with Crippen LogP contribution >= 0.6 is 0 Å². The van der Waals surface area contributed by atoms with Gasteiger partial charge in [0, 0.05) is 18.2 Å². The molecule has 2 amide bonds. The Bertz CT molecular complexity index is 1120. The first kappa shape index (κ1) is 27.2. The number of carbonyl (C=O) groups excluding carboxylic acids is 2. The van der Waals surface area contributed by atoms with E-state index in [-0.39, 0.29) is 24.6 Å². The number of halogens is 2. The molecule has 7 nitrogen and oxygen atoms in total. The molecule has 0 aliphatic heterocycles. The summed E-state index contributed by atoms with van der Waals surface area (Å²) in [6.07, 6.45) is 1.15. The van der Waals surface area contributed by atoms with Crippen molar-refractivity contribution in [2.24, 2.45) is 0 Å². The molecule has 0 fully saturated rings. The van der Waals surface area contributed by atoms with Crippen molar-refractivity contribution in [3.05, 3.63) is 65.7 Å². The Kier molecular flexibility index (Phi) is 8.77. The molecule has 2 aromatic carbocycles. The van der Waals surface area contributed by atoms with Crippen LogP contribution in [0.4, 0.5) is 14.5 Å². The molecule has 0 saturated heterocycles. The van der Waals surface area contributed by atoms with Crippen molar-refractivity contribution in [2.75, 3.05) is 17.1 Å². The highest BCUT2D eigenvalue weighted by Crippen LogP contribution is 2.22. The van der Waals surface area contributed by atoms with Gasteiger partial charge in [-0.05, 0) is 44.9 Å². The summed E-state index contributed by atoms with van der Waals surface area (Å²) >= 11 is 0.